The Balaban J connectivity index is 1.42. The summed E-state index contributed by atoms with van der Waals surface area (Å²) in [5, 5.41) is 2.82. The van der Waals surface area contributed by atoms with Crippen LogP contribution in [-0.2, 0) is 11.3 Å². The van der Waals surface area contributed by atoms with Crippen LogP contribution in [0.25, 0.3) is 0 Å². The van der Waals surface area contributed by atoms with Crippen LogP contribution in [0.5, 0.6) is 11.5 Å². The number of carbonyl (C=O) groups is 2. The number of carbonyl (C=O) groups excluding carboxylic acids is 2. The van der Waals surface area contributed by atoms with Gasteiger partial charge in [-0.1, -0.05) is 6.07 Å². The lowest BCUT2D eigenvalue weighted by atomic mass is 10.1. The number of hydrogen-bond acceptors (Lipinski definition) is 4. The first-order valence-electron chi connectivity index (χ1n) is 9.29. The molecule has 7 heteroatoms. The van der Waals surface area contributed by atoms with Crippen molar-refractivity contribution in [1.29, 1.82) is 0 Å². The number of nitrogens with zero attached hydrogens (tertiary/aromatic N) is 2. The predicted molar refractivity (Wildman–Crippen MR) is 97.3 cm³/mol. The maximum absolute atomic E-state index is 12.2. The molecule has 7 nitrogen and oxygen atoms in total. The van der Waals surface area contributed by atoms with E-state index in [1.807, 2.05) is 23.1 Å². The third kappa shape index (κ3) is 4.80. The van der Waals surface area contributed by atoms with Crippen molar-refractivity contribution in [2.75, 3.05) is 39.9 Å². The number of fused-ring (bicyclic) bond motifs is 1. The quantitative estimate of drug-likeness (QED) is 0.871. The summed E-state index contributed by atoms with van der Waals surface area (Å²) in [5.41, 5.74) is 0.969. The Bertz CT molecular complexity index is 644. The summed E-state index contributed by atoms with van der Waals surface area (Å²) < 4.78 is 11.1. The maximum atomic E-state index is 12.2. The number of likely N-dealkylation sites (tertiary alicyclic amines) is 1. The zero-order valence-corrected chi connectivity index (χ0v) is 15.3. The van der Waals surface area contributed by atoms with Crippen LogP contribution in [0.15, 0.2) is 18.2 Å². The van der Waals surface area contributed by atoms with Gasteiger partial charge in [0.25, 0.3) is 0 Å². The zero-order valence-electron chi connectivity index (χ0n) is 15.3. The second kappa shape index (κ2) is 8.78. The topological polar surface area (TPSA) is 71.1 Å². The van der Waals surface area contributed by atoms with E-state index < -0.39 is 0 Å². The summed E-state index contributed by atoms with van der Waals surface area (Å²) >= 11 is 0. The lowest BCUT2D eigenvalue weighted by molar-refractivity contribution is -0.131. The van der Waals surface area contributed by atoms with Crippen LogP contribution in [-0.4, -0.2) is 61.6 Å². The molecular weight excluding hydrogens is 334 g/mol. The number of benzene rings is 1. The Kier molecular flexibility index (Phi) is 6.20. The number of urea groups is 1. The second-order valence-corrected chi connectivity index (χ2v) is 6.76. The SMILES string of the molecule is CN(Cc1ccc2c(c1)OCCO2)C(=O)NCCC(=O)N1CCCCC1. The Morgan fingerprint density at radius 3 is 2.62 bits per heavy atom. The molecule has 0 saturated carbocycles. The van der Waals surface area contributed by atoms with Crippen LogP contribution in [0.3, 0.4) is 0 Å². The number of piperidine rings is 1. The molecule has 3 amide bonds. The molecule has 2 heterocycles. The first-order chi connectivity index (χ1) is 12.6. The van der Waals surface area contributed by atoms with Gasteiger partial charge in [-0.05, 0) is 37.0 Å². The van der Waals surface area contributed by atoms with Crippen molar-refractivity contribution in [3.8, 4) is 11.5 Å². The highest BCUT2D eigenvalue weighted by atomic mass is 16.6. The van der Waals surface area contributed by atoms with Crippen molar-refractivity contribution in [2.45, 2.75) is 32.2 Å². The first kappa shape index (κ1) is 18.4. The molecule has 0 unspecified atom stereocenters. The average molecular weight is 361 g/mol. The zero-order chi connectivity index (χ0) is 18.4. The molecule has 1 fully saturated rings. The molecule has 0 aliphatic carbocycles. The van der Waals surface area contributed by atoms with E-state index in [-0.39, 0.29) is 11.9 Å². The Labute approximate surface area is 154 Å². The molecule has 0 atom stereocenters. The highest BCUT2D eigenvalue weighted by Crippen LogP contribution is 2.31. The molecule has 0 spiro atoms. The van der Waals surface area contributed by atoms with Gasteiger partial charge >= 0.3 is 6.03 Å². The molecule has 142 valence electrons. The molecule has 0 aromatic heterocycles. The standard InChI is InChI=1S/C19H27N3O4/c1-21(14-15-5-6-16-17(13-15)26-12-11-25-16)19(24)20-8-7-18(23)22-9-3-2-4-10-22/h5-6,13H,2-4,7-12,14H2,1H3,(H,20,24). The molecule has 2 aliphatic heterocycles. The Morgan fingerprint density at radius 2 is 1.85 bits per heavy atom. The van der Waals surface area contributed by atoms with Gasteiger partial charge in [0.15, 0.2) is 11.5 Å². The van der Waals surface area contributed by atoms with E-state index in [2.05, 4.69) is 5.32 Å². The van der Waals surface area contributed by atoms with Gasteiger partial charge in [-0.2, -0.15) is 0 Å². The molecule has 0 bridgehead atoms. The van der Waals surface area contributed by atoms with Gasteiger partial charge in [0.2, 0.25) is 5.91 Å². The number of ether oxygens (including phenoxy) is 2. The molecular formula is C19H27N3O4. The Morgan fingerprint density at radius 1 is 1.12 bits per heavy atom. The molecule has 1 aromatic rings. The van der Waals surface area contributed by atoms with Crippen LogP contribution in [0.2, 0.25) is 0 Å². The van der Waals surface area contributed by atoms with Crippen molar-refractivity contribution >= 4 is 11.9 Å². The second-order valence-electron chi connectivity index (χ2n) is 6.76. The van der Waals surface area contributed by atoms with Crippen LogP contribution in [0.4, 0.5) is 4.79 Å². The summed E-state index contributed by atoms with van der Waals surface area (Å²) in [7, 11) is 1.73. The molecule has 26 heavy (non-hydrogen) atoms. The van der Waals surface area contributed by atoms with E-state index in [0.29, 0.717) is 32.7 Å². The number of rotatable bonds is 5. The predicted octanol–water partition coefficient (Wildman–Crippen LogP) is 2.00. The molecule has 0 radical (unpaired) electrons. The van der Waals surface area contributed by atoms with Crippen molar-refractivity contribution in [3.63, 3.8) is 0 Å². The third-order valence-electron chi connectivity index (χ3n) is 4.70. The molecule has 1 saturated heterocycles. The van der Waals surface area contributed by atoms with E-state index in [9.17, 15) is 9.59 Å². The maximum Gasteiger partial charge on any atom is 0.317 e. The Hall–Kier alpha value is -2.44. The minimum absolute atomic E-state index is 0.125. The van der Waals surface area contributed by atoms with Crippen LogP contribution >= 0.6 is 0 Å². The summed E-state index contributed by atoms with van der Waals surface area (Å²) in [6.07, 6.45) is 3.71. The number of amides is 3. The normalized spacial score (nSPS) is 16.1. The smallest absolute Gasteiger partial charge is 0.317 e. The van der Waals surface area contributed by atoms with E-state index in [4.69, 9.17) is 9.47 Å². The third-order valence-corrected chi connectivity index (χ3v) is 4.70. The van der Waals surface area contributed by atoms with E-state index in [0.717, 1.165) is 43.0 Å². The minimum atomic E-state index is -0.189. The van der Waals surface area contributed by atoms with Crippen molar-refractivity contribution in [1.82, 2.24) is 15.1 Å². The lowest BCUT2D eigenvalue weighted by Crippen LogP contribution is -2.40. The average Bonchev–Trinajstić information content (AvgIpc) is 2.68. The number of nitrogens with one attached hydrogen (secondary N) is 1. The lowest BCUT2D eigenvalue weighted by Gasteiger charge is -2.27. The van der Waals surface area contributed by atoms with Crippen LogP contribution < -0.4 is 14.8 Å². The van der Waals surface area contributed by atoms with Crippen molar-refractivity contribution < 1.29 is 19.1 Å². The largest absolute Gasteiger partial charge is 0.486 e. The van der Waals surface area contributed by atoms with Gasteiger partial charge in [-0.3, -0.25) is 4.79 Å². The molecule has 3 rings (SSSR count). The molecule has 1 aromatic carbocycles. The number of hydrogen-bond donors (Lipinski definition) is 1. The van der Waals surface area contributed by atoms with Gasteiger partial charge in [-0.15, -0.1) is 0 Å². The fourth-order valence-corrected chi connectivity index (χ4v) is 3.24. The van der Waals surface area contributed by atoms with E-state index in [1.165, 1.54) is 6.42 Å². The van der Waals surface area contributed by atoms with Gasteiger partial charge in [0, 0.05) is 39.6 Å². The summed E-state index contributed by atoms with van der Waals surface area (Å²) in [4.78, 5) is 27.8. The van der Waals surface area contributed by atoms with Gasteiger partial charge in [0.1, 0.15) is 13.2 Å². The van der Waals surface area contributed by atoms with E-state index in [1.54, 1.807) is 11.9 Å². The summed E-state index contributed by atoms with van der Waals surface area (Å²) in [6.45, 7) is 3.61. The van der Waals surface area contributed by atoms with Gasteiger partial charge in [-0.25, -0.2) is 4.79 Å². The van der Waals surface area contributed by atoms with E-state index >= 15 is 0 Å². The van der Waals surface area contributed by atoms with Crippen molar-refractivity contribution in [3.05, 3.63) is 23.8 Å². The fourth-order valence-electron chi connectivity index (χ4n) is 3.24. The van der Waals surface area contributed by atoms with Crippen LogP contribution in [0.1, 0.15) is 31.2 Å². The first-order valence-corrected chi connectivity index (χ1v) is 9.29. The monoisotopic (exact) mass is 361 g/mol. The summed E-state index contributed by atoms with van der Waals surface area (Å²) in [5.74, 6) is 1.58. The van der Waals surface area contributed by atoms with Gasteiger partial charge in [0.05, 0.1) is 0 Å². The summed E-state index contributed by atoms with van der Waals surface area (Å²) in [6, 6.07) is 5.51. The minimum Gasteiger partial charge on any atom is -0.486 e. The van der Waals surface area contributed by atoms with Crippen molar-refractivity contribution in [2.24, 2.45) is 0 Å². The molecule has 1 N–H and O–H groups in total. The fraction of sp³-hybridized carbons (Fsp3) is 0.579. The highest BCUT2D eigenvalue weighted by molar-refractivity contribution is 5.78. The highest BCUT2D eigenvalue weighted by Gasteiger charge is 2.17. The molecule has 2 aliphatic rings. The van der Waals surface area contributed by atoms with Crippen LogP contribution in [0, 0.1) is 0 Å². The van der Waals surface area contributed by atoms with Gasteiger partial charge < -0.3 is 24.6 Å².